The van der Waals surface area contributed by atoms with E-state index in [1.54, 1.807) is 45.0 Å². The summed E-state index contributed by atoms with van der Waals surface area (Å²) in [4.78, 5) is 57.1. The van der Waals surface area contributed by atoms with E-state index in [2.05, 4.69) is 10.6 Å². The average molecular weight is 580 g/mol. The molecule has 2 N–H and O–H groups in total. The Morgan fingerprint density at radius 1 is 1.23 bits per heavy atom. The number of nitrogens with zero attached hydrogens (tertiary/aromatic N) is 1. The number of carbonyl (C=O) groups is 3. The largest absolute Gasteiger partial charge is 0.444 e. The zero-order valence-electron chi connectivity index (χ0n) is 22.3. The first-order valence-corrected chi connectivity index (χ1v) is 13.5. The summed E-state index contributed by atoms with van der Waals surface area (Å²) in [5, 5.41) is 5.96. The number of carbonyl (C=O) groups excluding carboxylic acids is 5. The molecular weight excluding hydrogens is 549 g/mol. The van der Waals surface area contributed by atoms with Crippen molar-refractivity contribution in [2.45, 2.75) is 70.2 Å². The van der Waals surface area contributed by atoms with E-state index in [0.717, 1.165) is 5.56 Å². The number of thioether (sulfide) groups is 1. The van der Waals surface area contributed by atoms with E-state index in [9.17, 15) is 14.4 Å². The molecule has 1 heterocycles. The van der Waals surface area contributed by atoms with Crippen LogP contribution in [0, 0.1) is 5.82 Å². The Morgan fingerprint density at radius 3 is 2.41 bits per heavy atom. The predicted octanol–water partition coefficient (Wildman–Crippen LogP) is 4.96. The molecule has 0 aromatic heterocycles. The maximum atomic E-state index is 15.0. The third kappa shape index (κ3) is 9.38. The van der Waals surface area contributed by atoms with E-state index in [1.807, 2.05) is 13.8 Å². The second kappa shape index (κ2) is 14.1. The molecule has 1 aliphatic heterocycles. The van der Waals surface area contributed by atoms with Gasteiger partial charge in [-0.25, -0.2) is 9.18 Å². The summed E-state index contributed by atoms with van der Waals surface area (Å²) < 4.78 is 20.4. The van der Waals surface area contributed by atoms with E-state index in [-0.39, 0.29) is 30.1 Å². The van der Waals surface area contributed by atoms with Gasteiger partial charge in [-0.1, -0.05) is 30.7 Å². The van der Waals surface area contributed by atoms with Crippen LogP contribution in [0.25, 0.3) is 0 Å². The van der Waals surface area contributed by atoms with Crippen LogP contribution in [0.4, 0.5) is 14.9 Å². The molecule has 0 bridgehead atoms. The number of rotatable bonds is 6. The third-order valence-electron chi connectivity index (χ3n) is 5.49. The first-order chi connectivity index (χ1) is 18.3. The SMILES string of the molecule is CCC(C)NC(=O)c1cc2c(cc1F)SC[C@H](NC(=O)OC(C)(C)C)C(=O)N2Cc1ccc(Cl)cc1.O=C=O. The van der Waals surface area contributed by atoms with Gasteiger partial charge >= 0.3 is 12.2 Å². The molecule has 0 spiro atoms. The van der Waals surface area contributed by atoms with Gasteiger partial charge in [-0.2, -0.15) is 9.59 Å². The highest BCUT2D eigenvalue weighted by Gasteiger charge is 2.34. The highest BCUT2D eigenvalue weighted by Crippen LogP contribution is 2.37. The molecule has 2 atom stereocenters. The van der Waals surface area contributed by atoms with Crippen molar-refractivity contribution in [3.63, 3.8) is 0 Å². The summed E-state index contributed by atoms with van der Waals surface area (Å²) >= 11 is 7.24. The fourth-order valence-electron chi connectivity index (χ4n) is 3.49. The molecule has 1 aliphatic rings. The molecule has 0 saturated heterocycles. The summed E-state index contributed by atoms with van der Waals surface area (Å²) in [7, 11) is 0. The number of benzene rings is 2. The van der Waals surface area contributed by atoms with E-state index in [0.29, 0.717) is 22.0 Å². The van der Waals surface area contributed by atoms with E-state index < -0.39 is 35.4 Å². The maximum Gasteiger partial charge on any atom is 0.408 e. The zero-order valence-corrected chi connectivity index (χ0v) is 23.9. The molecule has 3 amide bonds. The van der Waals surface area contributed by atoms with Crippen molar-refractivity contribution in [2.24, 2.45) is 0 Å². The van der Waals surface area contributed by atoms with Gasteiger partial charge in [0.05, 0.1) is 17.8 Å². The summed E-state index contributed by atoms with van der Waals surface area (Å²) in [5.41, 5.74) is 0.278. The van der Waals surface area contributed by atoms with Gasteiger partial charge in [0, 0.05) is 21.7 Å². The van der Waals surface area contributed by atoms with Crippen molar-refractivity contribution < 1.29 is 33.1 Å². The van der Waals surface area contributed by atoms with Gasteiger partial charge < -0.3 is 20.3 Å². The van der Waals surface area contributed by atoms with Crippen LogP contribution in [0.5, 0.6) is 0 Å². The molecule has 0 aliphatic carbocycles. The molecule has 3 rings (SSSR count). The third-order valence-corrected chi connectivity index (χ3v) is 6.88. The lowest BCUT2D eigenvalue weighted by Crippen LogP contribution is -2.50. The Bertz CT molecular complexity index is 1230. The molecule has 12 heteroatoms. The number of halogens is 2. The van der Waals surface area contributed by atoms with Crippen molar-refractivity contribution in [1.29, 1.82) is 0 Å². The van der Waals surface area contributed by atoms with Crippen LogP contribution in [-0.2, 0) is 25.7 Å². The Morgan fingerprint density at radius 2 is 1.85 bits per heavy atom. The van der Waals surface area contributed by atoms with Crippen molar-refractivity contribution in [3.05, 3.63) is 58.4 Å². The summed E-state index contributed by atoms with van der Waals surface area (Å²) in [6.07, 6.45) is 0.214. The second-order valence-corrected chi connectivity index (χ2v) is 11.2. The minimum atomic E-state index is -0.926. The Balaban J connectivity index is 0.00000170. The number of hydrogen-bond donors (Lipinski definition) is 2. The topological polar surface area (TPSA) is 122 Å². The molecule has 2 aromatic rings. The molecular formula is C27H31ClFN3O6S. The van der Waals surface area contributed by atoms with Gasteiger partial charge in [0.1, 0.15) is 17.5 Å². The smallest absolute Gasteiger partial charge is 0.408 e. The minimum absolute atomic E-state index is 0.133. The van der Waals surface area contributed by atoms with Crippen LogP contribution in [0.3, 0.4) is 0 Å². The zero-order chi connectivity index (χ0) is 29.3. The second-order valence-electron chi connectivity index (χ2n) is 9.73. The van der Waals surface area contributed by atoms with Gasteiger partial charge in [0.25, 0.3) is 11.8 Å². The van der Waals surface area contributed by atoms with Crippen LogP contribution in [-0.4, -0.2) is 47.5 Å². The standard InChI is InChI=1S/C26H31ClFN3O4S.CO2/c1-6-15(2)29-23(32)18-11-21-22(12-19(18)28)36-14-20(30-25(34)35-26(3,4)5)24(33)31(21)13-16-7-9-17(27)10-8-16;2-1-3/h7-12,15,20H,6,13-14H2,1-5H3,(H,29,32)(H,30,34);/t15?,20-;/m0./s1. The quantitative estimate of drug-likeness (QED) is 0.496. The Kier molecular flexibility index (Phi) is 11.5. The van der Waals surface area contributed by atoms with Gasteiger partial charge in [-0.3, -0.25) is 9.59 Å². The number of fused-ring (bicyclic) bond motifs is 1. The first-order valence-electron chi connectivity index (χ1n) is 12.1. The predicted molar refractivity (Wildman–Crippen MR) is 145 cm³/mol. The summed E-state index contributed by atoms with van der Waals surface area (Å²) in [6, 6.07) is 8.59. The fourth-order valence-corrected chi connectivity index (χ4v) is 4.69. The van der Waals surface area contributed by atoms with Gasteiger partial charge in [-0.15, -0.1) is 11.8 Å². The molecule has 9 nitrogen and oxygen atoms in total. The molecule has 210 valence electrons. The van der Waals surface area contributed by atoms with Gasteiger partial charge in [0.2, 0.25) is 0 Å². The first kappa shape index (κ1) is 31.8. The highest BCUT2D eigenvalue weighted by atomic mass is 35.5. The molecule has 39 heavy (non-hydrogen) atoms. The van der Waals surface area contributed by atoms with Crippen molar-refractivity contribution in [2.75, 3.05) is 10.7 Å². The van der Waals surface area contributed by atoms with E-state index in [1.165, 1.54) is 28.8 Å². The van der Waals surface area contributed by atoms with E-state index >= 15 is 4.39 Å². The fraction of sp³-hybridized carbons (Fsp3) is 0.407. The highest BCUT2D eigenvalue weighted by molar-refractivity contribution is 7.99. The van der Waals surface area contributed by atoms with Crippen molar-refractivity contribution >= 4 is 53.1 Å². The van der Waals surface area contributed by atoms with Crippen LogP contribution >= 0.6 is 23.4 Å². The maximum absolute atomic E-state index is 15.0. The minimum Gasteiger partial charge on any atom is -0.444 e. The monoisotopic (exact) mass is 579 g/mol. The molecule has 1 unspecified atom stereocenters. The lowest BCUT2D eigenvalue weighted by molar-refractivity contribution is -0.191. The number of ether oxygens (including phenoxy) is 1. The molecule has 2 aromatic carbocycles. The average Bonchev–Trinajstić information content (AvgIpc) is 2.96. The molecule has 0 radical (unpaired) electrons. The van der Waals surface area contributed by atoms with E-state index in [4.69, 9.17) is 25.9 Å². The lowest BCUT2D eigenvalue weighted by atomic mass is 10.1. The molecule has 0 saturated carbocycles. The van der Waals surface area contributed by atoms with Gasteiger partial charge in [0.15, 0.2) is 0 Å². The number of anilines is 1. The normalized spacial score (nSPS) is 15.5. The van der Waals surface area contributed by atoms with Crippen molar-refractivity contribution in [3.8, 4) is 0 Å². The molecule has 0 fully saturated rings. The number of alkyl carbamates (subject to hydrolysis) is 1. The van der Waals surface area contributed by atoms with Crippen LogP contribution < -0.4 is 15.5 Å². The van der Waals surface area contributed by atoms with Crippen LogP contribution in [0.2, 0.25) is 5.02 Å². The lowest BCUT2D eigenvalue weighted by Gasteiger charge is -2.27. The number of hydrogen-bond acceptors (Lipinski definition) is 7. The Labute approximate surface area is 235 Å². The summed E-state index contributed by atoms with van der Waals surface area (Å²) in [5.74, 6) is -1.47. The number of amides is 3. The van der Waals surface area contributed by atoms with Crippen molar-refractivity contribution in [1.82, 2.24) is 10.6 Å². The summed E-state index contributed by atoms with van der Waals surface area (Å²) in [6.45, 7) is 9.07. The van der Waals surface area contributed by atoms with Gasteiger partial charge in [-0.05, 0) is 63.9 Å². The van der Waals surface area contributed by atoms with Crippen LogP contribution in [0.1, 0.15) is 57.0 Å². The number of nitrogens with one attached hydrogen (secondary N) is 2. The Hall–Kier alpha value is -3.40. The van der Waals surface area contributed by atoms with Crippen LogP contribution in [0.15, 0.2) is 41.3 Å².